The summed E-state index contributed by atoms with van der Waals surface area (Å²) in [4.78, 5) is 4.09. The highest BCUT2D eigenvalue weighted by molar-refractivity contribution is 9.10. The molecule has 0 amide bonds. The fraction of sp³-hybridized carbons (Fsp3) is 0.500. The number of pyridine rings is 1. The van der Waals surface area contributed by atoms with Gasteiger partial charge in [-0.2, -0.15) is 0 Å². The summed E-state index contributed by atoms with van der Waals surface area (Å²) in [6.07, 6.45) is 4.77. The number of hydrogen-bond donors (Lipinski definition) is 1. The summed E-state index contributed by atoms with van der Waals surface area (Å²) in [6, 6.07) is 0. The van der Waals surface area contributed by atoms with Crippen LogP contribution in [0.3, 0.4) is 0 Å². The van der Waals surface area contributed by atoms with Crippen LogP contribution in [0.2, 0.25) is 0 Å². The fourth-order valence-corrected chi connectivity index (χ4v) is 2.52. The summed E-state index contributed by atoms with van der Waals surface area (Å²) in [6.45, 7) is 2.11. The molecule has 1 aromatic heterocycles. The SMILES string of the molecule is COc1cncc(Br)c1C1CCNC1. The Hall–Kier alpha value is -0.610. The van der Waals surface area contributed by atoms with Gasteiger partial charge in [0.25, 0.3) is 0 Å². The van der Waals surface area contributed by atoms with Gasteiger partial charge in [0.2, 0.25) is 0 Å². The number of halogens is 1. The highest BCUT2D eigenvalue weighted by Gasteiger charge is 2.22. The maximum Gasteiger partial charge on any atom is 0.141 e. The molecule has 1 atom stereocenters. The molecule has 2 heterocycles. The molecule has 0 spiro atoms. The summed E-state index contributed by atoms with van der Waals surface area (Å²) in [5.41, 5.74) is 1.24. The normalized spacial score (nSPS) is 21.1. The third-order valence-electron chi connectivity index (χ3n) is 2.59. The van der Waals surface area contributed by atoms with Gasteiger partial charge in [0.05, 0.1) is 13.3 Å². The van der Waals surface area contributed by atoms with Gasteiger partial charge in [-0.1, -0.05) is 0 Å². The maximum absolute atomic E-state index is 5.32. The predicted octanol–water partition coefficient (Wildman–Crippen LogP) is 1.93. The van der Waals surface area contributed by atoms with Crippen LogP contribution in [0, 0.1) is 0 Å². The predicted molar refractivity (Wildman–Crippen MR) is 58.7 cm³/mol. The van der Waals surface area contributed by atoms with Crippen molar-refractivity contribution in [1.82, 2.24) is 10.3 Å². The minimum absolute atomic E-state index is 0.544. The minimum atomic E-state index is 0.544. The second-order valence-electron chi connectivity index (χ2n) is 3.43. The number of nitrogens with one attached hydrogen (secondary N) is 1. The molecule has 1 aliphatic heterocycles. The van der Waals surface area contributed by atoms with E-state index in [2.05, 4.69) is 26.2 Å². The van der Waals surface area contributed by atoms with Crippen LogP contribution >= 0.6 is 15.9 Å². The Morgan fingerprint density at radius 1 is 1.57 bits per heavy atom. The molecule has 1 unspecified atom stereocenters. The standard InChI is InChI=1S/C10H13BrN2O/c1-14-9-6-13-5-8(11)10(9)7-2-3-12-4-7/h5-7,12H,2-4H2,1H3. The van der Waals surface area contributed by atoms with E-state index in [1.165, 1.54) is 12.0 Å². The highest BCUT2D eigenvalue weighted by atomic mass is 79.9. The average Bonchev–Trinajstić information content (AvgIpc) is 2.70. The van der Waals surface area contributed by atoms with Gasteiger partial charge in [-0.05, 0) is 28.9 Å². The van der Waals surface area contributed by atoms with Crippen LogP contribution in [-0.2, 0) is 0 Å². The third-order valence-corrected chi connectivity index (χ3v) is 3.22. The zero-order chi connectivity index (χ0) is 9.97. The molecule has 1 N–H and O–H groups in total. The third kappa shape index (κ3) is 1.77. The van der Waals surface area contributed by atoms with Gasteiger partial charge in [0.1, 0.15) is 5.75 Å². The summed E-state index contributed by atoms with van der Waals surface area (Å²) in [5.74, 6) is 1.43. The molecule has 0 aromatic carbocycles. The Bertz CT molecular complexity index is 324. The lowest BCUT2D eigenvalue weighted by atomic mass is 9.99. The summed E-state index contributed by atoms with van der Waals surface area (Å²) in [7, 11) is 1.69. The van der Waals surface area contributed by atoms with Crippen LogP contribution < -0.4 is 10.1 Å². The minimum Gasteiger partial charge on any atom is -0.495 e. The number of methoxy groups -OCH3 is 1. The Morgan fingerprint density at radius 3 is 3.07 bits per heavy atom. The number of aromatic nitrogens is 1. The van der Waals surface area contributed by atoms with Gasteiger partial charge in [0.15, 0.2) is 0 Å². The van der Waals surface area contributed by atoms with Crippen molar-refractivity contribution in [2.24, 2.45) is 0 Å². The van der Waals surface area contributed by atoms with Crippen molar-refractivity contribution in [1.29, 1.82) is 0 Å². The van der Waals surface area contributed by atoms with E-state index in [9.17, 15) is 0 Å². The van der Waals surface area contributed by atoms with E-state index >= 15 is 0 Å². The number of hydrogen-bond acceptors (Lipinski definition) is 3. The second-order valence-corrected chi connectivity index (χ2v) is 4.28. The molecule has 0 bridgehead atoms. The molecule has 1 aromatic rings. The molecule has 0 radical (unpaired) electrons. The van der Waals surface area contributed by atoms with Crippen LogP contribution in [0.5, 0.6) is 5.75 Å². The van der Waals surface area contributed by atoms with Gasteiger partial charge < -0.3 is 10.1 Å². The van der Waals surface area contributed by atoms with Gasteiger partial charge >= 0.3 is 0 Å². The largest absolute Gasteiger partial charge is 0.495 e. The molecule has 3 nitrogen and oxygen atoms in total. The van der Waals surface area contributed by atoms with Crippen molar-refractivity contribution >= 4 is 15.9 Å². The first kappa shape index (κ1) is 9.93. The van der Waals surface area contributed by atoms with Crippen molar-refractivity contribution in [3.63, 3.8) is 0 Å². The van der Waals surface area contributed by atoms with E-state index < -0.39 is 0 Å². The highest BCUT2D eigenvalue weighted by Crippen LogP contribution is 2.35. The quantitative estimate of drug-likeness (QED) is 0.879. The number of rotatable bonds is 2. The van der Waals surface area contributed by atoms with Gasteiger partial charge in [-0.15, -0.1) is 0 Å². The Kier molecular flexibility index (Phi) is 3.03. The van der Waals surface area contributed by atoms with E-state index in [0.717, 1.165) is 23.3 Å². The van der Waals surface area contributed by atoms with Crippen molar-refractivity contribution in [2.75, 3.05) is 20.2 Å². The zero-order valence-electron chi connectivity index (χ0n) is 8.09. The Labute approximate surface area is 92.0 Å². The fourth-order valence-electron chi connectivity index (χ4n) is 1.89. The van der Waals surface area contributed by atoms with Crippen LogP contribution in [0.25, 0.3) is 0 Å². The second kappa shape index (κ2) is 4.28. The Morgan fingerprint density at radius 2 is 2.43 bits per heavy atom. The number of nitrogens with zero attached hydrogens (tertiary/aromatic N) is 1. The van der Waals surface area contributed by atoms with Crippen molar-refractivity contribution in [3.8, 4) is 5.75 Å². The monoisotopic (exact) mass is 256 g/mol. The lowest BCUT2D eigenvalue weighted by Gasteiger charge is -2.14. The zero-order valence-corrected chi connectivity index (χ0v) is 9.67. The molecule has 14 heavy (non-hydrogen) atoms. The van der Waals surface area contributed by atoms with E-state index in [1.807, 2.05) is 6.20 Å². The Balaban J connectivity index is 2.37. The smallest absolute Gasteiger partial charge is 0.141 e. The molecule has 1 fully saturated rings. The number of ether oxygens (including phenoxy) is 1. The first-order chi connectivity index (χ1) is 6.83. The van der Waals surface area contributed by atoms with Crippen molar-refractivity contribution < 1.29 is 4.74 Å². The van der Waals surface area contributed by atoms with Crippen molar-refractivity contribution in [3.05, 3.63) is 22.4 Å². The average molecular weight is 257 g/mol. The molecular formula is C10H13BrN2O. The van der Waals surface area contributed by atoms with Gasteiger partial charge in [-0.25, -0.2) is 0 Å². The topological polar surface area (TPSA) is 34.1 Å². The molecule has 0 saturated carbocycles. The first-order valence-corrected chi connectivity index (χ1v) is 5.50. The summed E-state index contributed by atoms with van der Waals surface area (Å²) >= 11 is 3.53. The van der Waals surface area contributed by atoms with E-state index in [-0.39, 0.29) is 0 Å². The van der Waals surface area contributed by atoms with Gasteiger partial charge in [0, 0.05) is 28.7 Å². The first-order valence-electron chi connectivity index (χ1n) is 4.71. The van der Waals surface area contributed by atoms with Crippen LogP contribution in [-0.4, -0.2) is 25.2 Å². The molecule has 4 heteroatoms. The van der Waals surface area contributed by atoms with E-state index in [4.69, 9.17) is 4.74 Å². The lowest BCUT2D eigenvalue weighted by Crippen LogP contribution is -2.09. The van der Waals surface area contributed by atoms with Crippen LogP contribution in [0.15, 0.2) is 16.9 Å². The maximum atomic E-state index is 5.32. The van der Waals surface area contributed by atoms with Crippen LogP contribution in [0.1, 0.15) is 17.9 Å². The molecule has 0 aliphatic carbocycles. The molecule has 1 aliphatic rings. The van der Waals surface area contributed by atoms with Crippen molar-refractivity contribution in [2.45, 2.75) is 12.3 Å². The lowest BCUT2D eigenvalue weighted by molar-refractivity contribution is 0.403. The molecular weight excluding hydrogens is 244 g/mol. The van der Waals surface area contributed by atoms with E-state index in [1.54, 1.807) is 13.3 Å². The summed E-state index contributed by atoms with van der Waals surface area (Å²) < 4.78 is 6.37. The van der Waals surface area contributed by atoms with Crippen LogP contribution in [0.4, 0.5) is 0 Å². The molecule has 2 rings (SSSR count). The van der Waals surface area contributed by atoms with Gasteiger partial charge in [-0.3, -0.25) is 4.98 Å². The molecule has 76 valence electrons. The van der Waals surface area contributed by atoms with E-state index in [0.29, 0.717) is 5.92 Å². The molecule has 1 saturated heterocycles. The summed E-state index contributed by atoms with van der Waals surface area (Å²) in [5, 5.41) is 3.35.